The predicted octanol–water partition coefficient (Wildman–Crippen LogP) is 2.43. The SMILES string of the molecule is COc1cccc(CC(=O)NCC(=O)c2c(O)[nH]c3ccccc23)c1OC. The van der Waals surface area contributed by atoms with Crippen LogP contribution >= 0.6 is 0 Å². The molecule has 0 unspecified atom stereocenters. The Morgan fingerprint density at radius 3 is 2.59 bits per heavy atom. The zero-order chi connectivity index (χ0) is 19.4. The number of amides is 1. The van der Waals surface area contributed by atoms with Gasteiger partial charge in [0, 0.05) is 16.5 Å². The minimum absolute atomic E-state index is 0.0352. The first-order valence-corrected chi connectivity index (χ1v) is 8.34. The number of carbonyl (C=O) groups is 2. The van der Waals surface area contributed by atoms with Crippen LogP contribution in [0.15, 0.2) is 42.5 Å². The predicted molar refractivity (Wildman–Crippen MR) is 101 cm³/mol. The van der Waals surface area contributed by atoms with E-state index in [2.05, 4.69) is 10.3 Å². The van der Waals surface area contributed by atoms with E-state index < -0.39 is 0 Å². The number of Topliss-reactive ketones (excluding diaryl/α,β-unsaturated/α-hetero) is 1. The van der Waals surface area contributed by atoms with Gasteiger partial charge >= 0.3 is 0 Å². The number of nitrogens with one attached hydrogen (secondary N) is 2. The van der Waals surface area contributed by atoms with E-state index in [1.165, 1.54) is 14.2 Å². The monoisotopic (exact) mass is 368 g/mol. The van der Waals surface area contributed by atoms with Crippen molar-refractivity contribution >= 4 is 22.6 Å². The number of carbonyl (C=O) groups excluding carboxylic acids is 2. The second-order valence-electron chi connectivity index (χ2n) is 5.92. The van der Waals surface area contributed by atoms with Crippen molar-refractivity contribution in [3.05, 3.63) is 53.6 Å². The van der Waals surface area contributed by atoms with Gasteiger partial charge < -0.3 is 24.9 Å². The molecule has 0 radical (unpaired) electrons. The summed E-state index contributed by atoms with van der Waals surface area (Å²) < 4.78 is 10.5. The molecule has 1 heterocycles. The fourth-order valence-corrected chi connectivity index (χ4v) is 3.01. The Morgan fingerprint density at radius 2 is 1.85 bits per heavy atom. The van der Waals surface area contributed by atoms with Crippen LogP contribution in [0.5, 0.6) is 17.4 Å². The lowest BCUT2D eigenvalue weighted by Gasteiger charge is -2.12. The van der Waals surface area contributed by atoms with Gasteiger partial charge in [0.1, 0.15) is 0 Å². The van der Waals surface area contributed by atoms with Crippen LogP contribution in [-0.2, 0) is 11.2 Å². The highest BCUT2D eigenvalue weighted by molar-refractivity contribution is 6.11. The molecule has 27 heavy (non-hydrogen) atoms. The quantitative estimate of drug-likeness (QED) is 0.556. The topological polar surface area (TPSA) is 101 Å². The van der Waals surface area contributed by atoms with Gasteiger partial charge in [-0.05, 0) is 12.1 Å². The smallest absolute Gasteiger partial charge is 0.224 e. The molecular weight excluding hydrogens is 348 g/mol. The molecular formula is C20H20N2O5. The molecule has 140 valence electrons. The molecule has 1 amide bonds. The standard InChI is InChI=1S/C20H20N2O5/c1-26-16-9-5-6-12(19(16)27-2)10-17(24)21-11-15(23)18-13-7-3-4-8-14(13)22-20(18)25/h3-9,22,25H,10-11H2,1-2H3,(H,21,24). The van der Waals surface area contributed by atoms with E-state index in [0.29, 0.717) is 28.0 Å². The maximum atomic E-state index is 12.5. The minimum Gasteiger partial charge on any atom is -0.494 e. The molecule has 0 aliphatic rings. The molecule has 0 atom stereocenters. The Balaban J connectivity index is 1.69. The van der Waals surface area contributed by atoms with Crippen molar-refractivity contribution in [2.24, 2.45) is 0 Å². The Hall–Kier alpha value is -3.48. The first-order chi connectivity index (χ1) is 13.0. The summed E-state index contributed by atoms with van der Waals surface area (Å²) in [6.45, 7) is -0.222. The molecule has 2 aromatic carbocycles. The second-order valence-corrected chi connectivity index (χ2v) is 5.92. The van der Waals surface area contributed by atoms with E-state index in [9.17, 15) is 14.7 Å². The summed E-state index contributed by atoms with van der Waals surface area (Å²) in [5.41, 5.74) is 1.48. The summed E-state index contributed by atoms with van der Waals surface area (Å²) >= 11 is 0. The second kappa shape index (κ2) is 7.82. The van der Waals surface area contributed by atoms with E-state index in [0.717, 1.165) is 0 Å². The highest BCUT2D eigenvalue weighted by Crippen LogP contribution is 2.31. The molecule has 3 aromatic rings. The van der Waals surface area contributed by atoms with Crippen LogP contribution in [0.2, 0.25) is 0 Å². The molecule has 0 fully saturated rings. The summed E-state index contributed by atoms with van der Waals surface area (Å²) in [4.78, 5) is 27.5. The maximum absolute atomic E-state index is 12.5. The number of methoxy groups -OCH3 is 2. The van der Waals surface area contributed by atoms with Crippen molar-refractivity contribution in [2.75, 3.05) is 20.8 Å². The molecule has 7 nitrogen and oxygen atoms in total. The zero-order valence-electron chi connectivity index (χ0n) is 15.0. The number of rotatable bonds is 7. The fraction of sp³-hybridized carbons (Fsp3) is 0.200. The van der Waals surface area contributed by atoms with Gasteiger partial charge in [-0.2, -0.15) is 0 Å². The van der Waals surface area contributed by atoms with Gasteiger partial charge in [0.15, 0.2) is 17.3 Å². The van der Waals surface area contributed by atoms with Gasteiger partial charge in [0.2, 0.25) is 11.8 Å². The summed E-state index contributed by atoms with van der Waals surface area (Å²) in [6.07, 6.45) is 0.0352. The lowest BCUT2D eigenvalue weighted by atomic mass is 10.1. The summed E-state index contributed by atoms with van der Waals surface area (Å²) in [5.74, 6) is 0.0911. The summed E-state index contributed by atoms with van der Waals surface area (Å²) in [5, 5.41) is 13.2. The Bertz CT molecular complexity index is 993. The van der Waals surface area contributed by atoms with Crippen LogP contribution in [-0.4, -0.2) is 42.5 Å². The molecule has 3 N–H and O–H groups in total. The highest BCUT2D eigenvalue weighted by atomic mass is 16.5. The third-order valence-corrected chi connectivity index (χ3v) is 4.25. The van der Waals surface area contributed by atoms with E-state index in [1.54, 1.807) is 42.5 Å². The van der Waals surface area contributed by atoms with Gasteiger partial charge in [0.25, 0.3) is 0 Å². The van der Waals surface area contributed by atoms with Crippen LogP contribution in [0.1, 0.15) is 15.9 Å². The lowest BCUT2D eigenvalue weighted by molar-refractivity contribution is -0.120. The number of benzene rings is 2. The maximum Gasteiger partial charge on any atom is 0.224 e. The van der Waals surface area contributed by atoms with Gasteiger partial charge in [-0.25, -0.2) is 0 Å². The number of fused-ring (bicyclic) bond motifs is 1. The van der Waals surface area contributed by atoms with Crippen molar-refractivity contribution in [3.8, 4) is 17.4 Å². The van der Waals surface area contributed by atoms with Gasteiger partial charge in [-0.3, -0.25) is 9.59 Å². The Kier molecular flexibility index (Phi) is 5.30. The summed E-state index contributed by atoms with van der Waals surface area (Å²) in [7, 11) is 3.02. The zero-order valence-corrected chi connectivity index (χ0v) is 15.0. The van der Waals surface area contributed by atoms with Crippen LogP contribution in [0, 0.1) is 0 Å². The van der Waals surface area contributed by atoms with Crippen LogP contribution < -0.4 is 14.8 Å². The van der Waals surface area contributed by atoms with Gasteiger partial charge in [0.05, 0.1) is 32.7 Å². The molecule has 0 saturated heterocycles. The average molecular weight is 368 g/mol. The van der Waals surface area contributed by atoms with E-state index >= 15 is 0 Å². The molecule has 3 rings (SSSR count). The number of H-pyrrole nitrogens is 1. The van der Waals surface area contributed by atoms with E-state index in [4.69, 9.17) is 9.47 Å². The fourth-order valence-electron chi connectivity index (χ4n) is 3.01. The van der Waals surface area contributed by atoms with Crippen molar-refractivity contribution in [3.63, 3.8) is 0 Å². The van der Waals surface area contributed by atoms with Crippen molar-refractivity contribution in [2.45, 2.75) is 6.42 Å². The number of aromatic nitrogens is 1. The number of ether oxygens (including phenoxy) is 2. The molecule has 0 saturated carbocycles. The molecule has 0 spiro atoms. The van der Waals surface area contributed by atoms with Crippen molar-refractivity contribution < 1.29 is 24.2 Å². The van der Waals surface area contributed by atoms with Gasteiger partial charge in [-0.15, -0.1) is 0 Å². The van der Waals surface area contributed by atoms with Crippen molar-refractivity contribution in [1.29, 1.82) is 0 Å². The number of aromatic hydroxyl groups is 1. The first-order valence-electron chi connectivity index (χ1n) is 8.34. The summed E-state index contributed by atoms with van der Waals surface area (Å²) in [6, 6.07) is 12.3. The third-order valence-electron chi connectivity index (χ3n) is 4.25. The number of hydrogen-bond acceptors (Lipinski definition) is 5. The molecule has 1 aromatic heterocycles. The molecule has 0 bridgehead atoms. The highest BCUT2D eigenvalue weighted by Gasteiger charge is 2.19. The number of para-hydroxylation sites is 2. The van der Waals surface area contributed by atoms with E-state index in [1.807, 2.05) is 0 Å². The number of aromatic amines is 1. The number of hydrogen-bond donors (Lipinski definition) is 3. The van der Waals surface area contributed by atoms with Crippen LogP contribution in [0.25, 0.3) is 10.9 Å². The average Bonchev–Trinajstić information content (AvgIpc) is 3.01. The lowest BCUT2D eigenvalue weighted by Crippen LogP contribution is -2.30. The Labute approximate surface area is 155 Å². The van der Waals surface area contributed by atoms with Crippen LogP contribution in [0.3, 0.4) is 0 Å². The molecule has 0 aliphatic carbocycles. The normalized spacial score (nSPS) is 10.6. The third kappa shape index (κ3) is 3.72. The van der Waals surface area contributed by atoms with Crippen LogP contribution in [0.4, 0.5) is 0 Å². The van der Waals surface area contributed by atoms with Crippen molar-refractivity contribution in [1.82, 2.24) is 10.3 Å². The van der Waals surface area contributed by atoms with E-state index in [-0.39, 0.29) is 36.1 Å². The first kappa shape index (κ1) is 18.3. The number of ketones is 1. The molecule has 7 heteroatoms. The Morgan fingerprint density at radius 1 is 1.07 bits per heavy atom. The largest absolute Gasteiger partial charge is 0.494 e. The minimum atomic E-state index is -0.379. The molecule has 0 aliphatic heterocycles. The van der Waals surface area contributed by atoms with Gasteiger partial charge in [-0.1, -0.05) is 30.3 Å².